The summed E-state index contributed by atoms with van der Waals surface area (Å²) in [4.78, 5) is 12.0. The summed E-state index contributed by atoms with van der Waals surface area (Å²) in [6.07, 6.45) is 1.12. The number of carbonyl (C=O) groups is 1. The third kappa shape index (κ3) is 3.70. The van der Waals surface area contributed by atoms with E-state index in [-0.39, 0.29) is 23.8 Å². The highest BCUT2D eigenvalue weighted by molar-refractivity contribution is 5.95. The van der Waals surface area contributed by atoms with Crippen LogP contribution in [0.3, 0.4) is 0 Å². The number of nitrogens with two attached hydrogens (primary N) is 1. The molecule has 1 atom stereocenters. The van der Waals surface area contributed by atoms with E-state index in [1.54, 1.807) is 0 Å². The molecule has 1 rings (SSSR count). The molecule has 1 aromatic carbocycles. The molecular weight excluding hydrogens is 235 g/mol. The molecule has 0 fully saturated rings. The lowest BCUT2D eigenvalue weighted by Gasteiger charge is -2.29. The standard InChI is InChI=1S/C13H19FN2O2/c1-3-13(2,4-5-17)16-12(18)9-6-10(14)8-11(15)7-9/h6-8,17H,3-5,15H2,1-2H3,(H,16,18). The molecule has 4 nitrogen and oxygen atoms in total. The number of hydrogen-bond acceptors (Lipinski definition) is 3. The minimum Gasteiger partial charge on any atom is -0.399 e. The van der Waals surface area contributed by atoms with Gasteiger partial charge in [0.05, 0.1) is 0 Å². The largest absolute Gasteiger partial charge is 0.399 e. The molecule has 0 heterocycles. The van der Waals surface area contributed by atoms with Crippen LogP contribution in [0.1, 0.15) is 37.0 Å². The first-order valence-electron chi connectivity index (χ1n) is 5.89. The summed E-state index contributed by atoms with van der Waals surface area (Å²) in [6.45, 7) is 3.73. The molecule has 0 saturated heterocycles. The predicted molar refractivity (Wildman–Crippen MR) is 68.7 cm³/mol. The minimum atomic E-state index is -0.541. The lowest BCUT2D eigenvalue weighted by Crippen LogP contribution is -2.46. The zero-order valence-corrected chi connectivity index (χ0v) is 10.7. The van der Waals surface area contributed by atoms with Gasteiger partial charge in [-0.2, -0.15) is 0 Å². The van der Waals surface area contributed by atoms with Crippen LogP contribution in [-0.2, 0) is 0 Å². The molecule has 0 bridgehead atoms. The summed E-state index contributed by atoms with van der Waals surface area (Å²) in [5.74, 6) is -0.931. The number of aliphatic hydroxyl groups is 1. The second kappa shape index (κ2) is 5.82. The van der Waals surface area contributed by atoms with Crippen molar-refractivity contribution >= 4 is 11.6 Å². The van der Waals surface area contributed by atoms with Crippen LogP contribution in [0.2, 0.25) is 0 Å². The zero-order chi connectivity index (χ0) is 13.8. The Morgan fingerprint density at radius 2 is 2.17 bits per heavy atom. The molecular formula is C13H19FN2O2. The van der Waals surface area contributed by atoms with Crippen molar-refractivity contribution in [3.8, 4) is 0 Å². The molecule has 0 aromatic heterocycles. The molecule has 0 spiro atoms. The maximum Gasteiger partial charge on any atom is 0.251 e. The Balaban J connectivity index is 2.87. The fraction of sp³-hybridized carbons (Fsp3) is 0.462. The Bertz CT molecular complexity index is 417. The molecule has 1 amide bonds. The Labute approximate surface area is 106 Å². The molecule has 0 aliphatic rings. The summed E-state index contributed by atoms with van der Waals surface area (Å²) in [5.41, 5.74) is 5.38. The van der Waals surface area contributed by atoms with Gasteiger partial charge in [0, 0.05) is 23.4 Å². The summed E-state index contributed by atoms with van der Waals surface area (Å²) < 4.78 is 13.2. The first-order valence-corrected chi connectivity index (χ1v) is 5.89. The number of aliphatic hydroxyl groups excluding tert-OH is 1. The minimum absolute atomic E-state index is 0.0179. The number of halogens is 1. The van der Waals surface area contributed by atoms with Gasteiger partial charge < -0.3 is 16.2 Å². The van der Waals surface area contributed by atoms with Crippen molar-refractivity contribution in [1.82, 2.24) is 5.32 Å². The Kier molecular flexibility index (Phi) is 4.67. The van der Waals surface area contributed by atoms with E-state index >= 15 is 0 Å². The number of anilines is 1. The number of nitrogen functional groups attached to an aromatic ring is 1. The second-order valence-electron chi connectivity index (χ2n) is 4.62. The van der Waals surface area contributed by atoms with Crippen LogP contribution in [-0.4, -0.2) is 23.2 Å². The molecule has 1 aromatic rings. The summed E-state index contributed by atoms with van der Waals surface area (Å²) in [5, 5.41) is 11.8. The second-order valence-corrected chi connectivity index (χ2v) is 4.62. The average molecular weight is 254 g/mol. The first kappa shape index (κ1) is 14.4. The highest BCUT2D eigenvalue weighted by Gasteiger charge is 2.24. The fourth-order valence-electron chi connectivity index (χ4n) is 1.66. The van der Waals surface area contributed by atoms with Crippen LogP contribution in [0.5, 0.6) is 0 Å². The average Bonchev–Trinajstić information content (AvgIpc) is 2.28. The highest BCUT2D eigenvalue weighted by Crippen LogP contribution is 2.16. The number of benzene rings is 1. The van der Waals surface area contributed by atoms with Crippen LogP contribution >= 0.6 is 0 Å². The lowest BCUT2D eigenvalue weighted by atomic mass is 9.94. The number of carbonyl (C=O) groups excluding carboxylic acids is 1. The van der Waals surface area contributed by atoms with Crippen LogP contribution in [0, 0.1) is 5.82 Å². The fourth-order valence-corrected chi connectivity index (χ4v) is 1.66. The van der Waals surface area contributed by atoms with Crippen molar-refractivity contribution in [1.29, 1.82) is 0 Å². The first-order chi connectivity index (χ1) is 8.40. The van der Waals surface area contributed by atoms with Crippen molar-refractivity contribution in [2.45, 2.75) is 32.2 Å². The van der Waals surface area contributed by atoms with E-state index in [1.807, 2.05) is 13.8 Å². The van der Waals surface area contributed by atoms with Gasteiger partial charge in [0.1, 0.15) is 5.82 Å². The number of amides is 1. The lowest BCUT2D eigenvalue weighted by molar-refractivity contribution is 0.0885. The normalized spacial score (nSPS) is 14.0. The molecule has 0 aliphatic carbocycles. The van der Waals surface area contributed by atoms with Gasteiger partial charge >= 0.3 is 0 Å². The third-order valence-electron chi connectivity index (χ3n) is 3.04. The number of rotatable bonds is 5. The molecule has 5 heteroatoms. The van der Waals surface area contributed by atoms with Gasteiger partial charge in [-0.05, 0) is 38.0 Å². The van der Waals surface area contributed by atoms with Crippen molar-refractivity contribution in [3.05, 3.63) is 29.6 Å². The molecule has 4 N–H and O–H groups in total. The van der Waals surface area contributed by atoms with Gasteiger partial charge in [-0.1, -0.05) is 6.92 Å². The van der Waals surface area contributed by atoms with Gasteiger partial charge in [-0.25, -0.2) is 4.39 Å². The van der Waals surface area contributed by atoms with E-state index in [0.29, 0.717) is 12.8 Å². The van der Waals surface area contributed by atoms with Gasteiger partial charge in [0.25, 0.3) is 5.91 Å². The van der Waals surface area contributed by atoms with E-state index in [0.717, 1.165) is 12.1 Å². The molecule has 0 radical (unpaired) electrons. The van der Waals surface area contributed by atoms with Crippen molar-refractivity contribution in [2.75, 3.05) is 12.3 Å². The van der Waals surface area contributed by atoms with E-state index in [9.17, 15) is 9.18 Å². The van der Waals surface area contributed by atoms with Crippen molar-refractivity contribution < 1.29 is 14.3 Å². The summed E-state index contributed by atoms with van der Waals surface area (Å²) >= 11 is 0. The van der Waals surface area contributed by atoms with Gasteiger partial charge in [-0.3, -0.25) is 4.79 Å². The zero-order valence-electron chi connectivity index (χ0n) is 10.7. The Morgan fingerprint density at radius 1 is 1.50 bits per heavy atom. The van der Waals surface area contributed by atoms with Crippen LogP contribution < -0.4 is 11.1 Å². The highest BCUT2D eigenvalue weighted by atomic mass is 19.1. The van der Waals surface area contributed by atoms with E-state index in [1.165, 1.54) is 6.07 Å². The predicted octanol–water partition coefficient (Wildman–Crippen LogP) is 1.69. The van der Waals surface area contributed by atoms with Gasteiger partial charge in [0.2, 0.25) is 0 Å². The van der Waals surface area contributed by atoms with E-state index < -0.39 is 11.4 Å². The van der Waals surface area contributed by atoms with Gasteiger partial charge in [0.15, 0.2) is 0 Å². The molecule has 0 aliphatic heterocycles. The van der Waals surface area contributed by atoms with Crippen molar-refractivity contribution in [2.24, 2.45) is 0 Å². The maximum atomic E-state index is 13.2. The van der Waals surface area contributed by atoms with E-state index in [4.69, 9.17) is 10.8 Å². The van der Waals surface area contributed by atoms with Crippen LogP contribution in [0.4, 0.5) is 10.1 Å². The molecule has 100 valence electrons. The number of nitrogens with one attached hydrogen (secondary N) is 1. The monoisotopic (exact) mass is 254 g/mol. The quantitative estimate of drug-likeness (QED) is 0.700. The summed E-state index contributed by atoms with van der Waals surface area (Å²) in [6, 6.07) is 3.72. The van der Waals surface area contributed by atoms with Crippen LogP contribution in [0.15, 0.2) is 18.2 Å². The smallest absolute Gasteiger partial charge is 0.251 e. The summed E-state index contributed by atoms with van der Waals surface area (Å²) in [7, 11) is 0. The maximum absolute atomic E-state index is 13.2. The van der Waals surface area contributed by atoms with Gasteiger partial charge in [-0.15, -0.1) is 0 Å². The Morgan fingerprint density at radius 3 is 2.67 bits per heavy atom. The van der Waals surface area contributed by atoms with Crippen molar-refractivity contribution in [3.63, 3.8) is 0 Å². The molecule has 1 unspecified atom stereocenters. The Hall–Kier alpha value is -1.62. The topological polar surface area (TPSA) is 75.3 Å². The molecule has 18 heavy (non-hydrogen) atoms. The third-order valence-corrected chi connectivity index (χ3v) is 3.04. The number of hydrogen-bond donors (Lipinski definition) is 3. The molecule has 0 saturated carbocycles. The van der Waals surface area contributed by atoms with Crippen LogP contribution in [0.25, 0.3) is 0 Å². The SMILES string of the molecule is CCC(C)(CCO)NC(=O)c1cc(N)cc(F)c1. The van der Waals surface area contributed by atoms with E-state index in [2.05, 4.69) is 5.32 Å².